The second kappa shape index (κ2) is 9.05. The molecule has 3 fully saturated rings. The summed E-state index contributed by atoms with van der Waals surface area (Å²) in [5.41, 5.74) is -2.94. The third-order valence-corrected chi connectivity index (χ3v) is 7.52. The number of nitriles is 3. The van der Waals surface area contributed by atoms with Crippen LogP contribution in [0.2, 0.25) is 0 Å². The van der Waals surface area contributed by atoms with Crippen LogP contribution in [-0.4, -0.2) is 18.3 Å². The van der Waals surface area contributed by atoms with Crippen LogP contribution in [0.4, 0.5) is 0 Å². The predicted octanol–water partition coefficient (Wildman–Crippen LogP) is 5.54. The molecule has 0 spiro atoms. The van der Waals surface area contributed by atoms with Crippen molar-refractivity contribution in [1.82, 2.24) is 0 Å². The lowest BCUT2D eigenvalue weighted by Gasteiger charge is -2.51. The van der Waals surface area contributed by atoms with Gasteiger partial charge in [-0.3, -0.25) is 5.41 Å². The summed E-state index contributed by atoms with van der Waals surface area (Å²) in [4.78, 5) is 0. The van der Waals surface area contributed by atoms with Crippen LogP contribution in [0, 0.1) is 56.2 Å². The molecule has 2 heterocycles. The van der Waals surface area contributed by atoms with Gasteiger partial charge in [-0.05, 0) is 37.0 Å². The molecule has 4 unspecified atom stereocenters. The summed E-state index contributed by atoms with van der Waals surface area (Å²) in [6.07, 6.45) is 7.59. The fraction of sp³-hybridized carbons (Fsp3) is 0.615. The highest BCUT2D eigenvalue weighted by atomic mass is 16.7. The molecule has 0 radical (unpaired) electrons. The maximum absolute atomic E-state index is 10.3. The van der Waals surface area contributed by atoms with Crippen molar-refractivity contribution in [3.8, 4) is 24.0 Å². The highest BCUT2D eigenvalue weighted by Gasteiger charge is 2.80. The summed E-state index contributed by atoms with van der Waals surface area (Å²) in [5, 5.41) is 39.4. The summed E-state index contributed by atoms with van der Waals surface area (Å²) >= 11 is 0. The normalized spacial score (nSPS) is 31.4. The molecule has 1 N–H and O–H groups in total. The van der Waals surface area contributed by atoms with Crippen molar-refractivity contribution in [2.45, 2.75) is 76.6 Å². The van der Waals surface area contributed by atoms with Gasteiger partial charge in [0.25, 0.3) is 0 Å². The molecule has 7 heteroatoms. The molecule has 0 aromatic heterocycles. The zero-order chi connectivity index (χ0) is 23.5. The average molecular weight is 447 g/mol. The van der Waals surface area contributed by atoms with Crippen molar-refractivity contribution >= 4 is 5.90 Å². The Morgan fingerprint density at radius 2 is 1.76 bits per heavy atom. The van der Waals surface area contributed by atoms with Gasteiger partial charge in [-0.1, -0.05) is 51.2 Å². The van der Waals surface area contributed by atoms with Gasteiger partial charge in [-0.25, -0.2) is 0 Å². The van der Waals surface area contributed by atoms with Crippen LogP contribution in [0.1, 0.15) is 76.4 Å². The third-order valence-electron chi connectivity index (χ3n) is 7.52. The lowest BCUT2D eigenvalue weighted by Crippen LogP contribution is -2.60. The van der Waals surface area contributed by atoms with E-state index in [1.807, 2.05) is 12.1 Å². The molecule has 4 atom stereocenters. The molecule has 172 valence electrons. The zero-order valence-corrected chi connectivity index (χ0v) is 19.1. The van der Waals surface area contributed by atoms with E-state index in [2.05, 4.69) is 25.1 Å². The monoisotopic (exact) mass is 446 g/mol. The molecule has 1 saturated carbocycles. The topological polar surface area (TPSA) is 123 Å². The van der Waals surface area contributed by atoms with Crippen LogP contribution in [-0.2, 0) is 9.47 Å². The van der Waals surface area contributed by atoms with Crippen LogP contribution in [0.5, 0.6) is 5.75 Å². The molecule has 1 aromatic rings. The molecule has 3 aliphatic rings. The van der Waals surface area contributed by atoms with Gasteiger partial charge in [-0.2, -0.15) is 15.8 Å². The van der Waals surface area contributed by atoms with Crippen LogP contribution in [0.25, 0.3) is 0 Å². The first-order valence-corrected chi connectivity index (χ1v) is 12.0. The standard InChI is InChI=1S/C26H30N4O3/c1-2-3-4-5-8-15-31-20-12-10-19(11-13-20)22-24(16-27,17-28)25(18-29)21-9-6-7-14-26(21,32-22)33-23(25)30/h10-13,21-22,30H,2-9,14-15H2,1H3. The van der Waals surface area contributed by atoms with Gasteiger partial charge >= 0.3 is 0 Å². The Kier molecular flexibility index (Phi) is 6.33. The van der Waals surface area contributed by atoms with Gasteiger partial charge in [0.1, 0.15) is 11.9 Å². The smallest absolute Gasteiger partial charge is 0.217 e. The molecule has 2 saturated heterocycles. The Bertz CT molecular complexity index is 1000. The highest BCUT2D eigenvalue weighted by Crippen LogP contribution is 2.69. The van der Waals surface area contributed by atoms with Gasteiger partial charge < -0.3 is 14.2 Å². The van der Waals surface area contributed by atoms with Crippen LogP contribution >= 0.6 is 0 Å². The van der Waals surface area contributed by atoms with Crippen molar-refractivity contribution in [1.29, 1.82) is 21.2 Å². The van der Waals surface area contributed by atoms with E-state index in [0.717, 1.165) is 25.7 Å². The number of nitrogens with zero attached hydrogens (tertiary/aromatic N) is 3. The summed E-state index contributed by atoms with van der Waals surface area (Å²) in [7, 11) is 0. The van der Waals surface area contributed by atoms with Crippen molar-refractivity contribution in [2.75, 3.05) is 6.61 Å². The first kappa shape index (κ1) is 23.1. The SMILES string of the molecule is CCCCCCCOc1ccc(C2OC34CCCCC3C(C#N)(C(=N)O4)C2(C#N)C#N)cc1. The number of hydrogen-bond acceptors (Lipinski definition) is 7. The Morgan fingerprint density at radius 1 is 1.03 bits per heavy atom. The minimum atomic E-state index is -1.89. The fourth-order valence-corrected chi connectivity index (χ4v) is 5.80. The highest BCUT2D eigenvalue weighted by molar-refractivity contribution is 5.89. The fourth-order valence-electron chi connectivity index (χ4n) is 5.80. The van der Waals surface area contributed by atoms with E-state index in [4.69, 9.17) is 19.6 Å². The van der Waals surface area contributed by atoms with Gasteiger partial charge in [0, 0.05) is 6.42 Å². The Balaban J connectivity index is 1.61. The number of rotatable bonds is 8. The quantitative estimate of drug-likeness (QED) is 0.523. The van der Waals surface area contributed by atoms with Crippen LogP contribution < -0.4 is 4.74 Å². The summed E-state index contributed by atoms with van der Waals surface area (Å²) in [6.45, 7) is 2.82. The maximum Gasteiger partial charge on any atom is 0.217 e. The second-order valence-electron chi connectivity index (χ2n) is 9.32. The largest absolute Gasteiger partial charge is 0.494 e. The van der Waals surface area contributed by atoms with Gasteiger partial charge in [0.05, 0.1) is 30.7 Å². The summed E-state index contributed by atoms with van der Waals surface area (Å²) in [6, 6.07) is 13.6. The third kappa shape index (κ3) is 3.36. The molecule has 2 aliphatic heterocycles. The van der Waals surface area contributed by atoms with E-state index in [0.29, 0.717) is 30.8 Å². The number of unbranched alkanes of at least 4 members (excludes halogenated alkanes) is 4. The van der Waals surface area contributed by atoms with Crippen molar-refractivity contribution in [3.63, 3.8) is 0 Å². The molecule has 1 aromatic carbocycles. The number of ether oxygens (including phenoxy) is 3. The molecule has 1 aliphatic carbocycles. The van der Waals surface area contributed by atoms with Crippen LogP contribution in [0.15, 0.2) is 24.3 Å². The number of hydrogen-bond donors (Lipinski definition) is 1. The predicted molar refractivity (Wildman–Crippen MR) is 120 cm³/mol. The second-order valence-corrected chi connectivity index (χ2v) is 9.32. The van der Waals surface area contributed by atoms with E-state index >= 15 is 0 Å². The Morgan fingerprint density at radius 3 is 2.42 bits per heavy atom. The average Bonchev–Trinajstić information content (AvgIpc) is 3.06. The lowest BCUT2D eigenvalue weighted by atomic mass is 9.51. The molecular formula is C26H30N4O3. The van der Waals surface area contributed by atoms with Crippen molar-refractivity contribution in [3.05, 3.63) is 29.8 Å². The van der Waals surface area contributed by atoms with Crippen LogP contribution in [0.3, 0.4) is 0 Å². The number of benzene rings is 1. The van der Waals surface area contributed by atoms with Gasteiger partial charge in [0.15, 0.2) is 5.41 Å². The molecular weight excluding hydrogens is 416 g/mol. The van der Waals surface area contributed by atoms with E-state index < -0.39 is 28.6 Å². The van der Waals surface area contributed by atoms with Crippen molar-refractivity contribution in [2.24, 2.45) is 16.7 Å². The van der Waals surface area contributed by atoms with E-state index in [1.54, 1.807) is 12.1 Å². The molecule has 4 rings (SSSR count). The number of nitrogens with one attached hydrogen (secondary N) is 1. The summed E-state index contributed by atoms with van der Waals surface area (Å²) < 4.78 is 18.2. The molecule has 0 amide bonds. The minimum absolute atomic E-state index is 0.314. The van der Waals surface area contributed by atoms with E-state index in [-0.39, 0.29) is 5.90 Å². The minimum Gasteiger partial charge on any atom is -0.494 e. The first-order valence-electron chi connectivity index (χ1n) is 12.0. The van der Waals surface area contributed by atoms with Gasteiger partial charge in [-0.15, -0.1) is 0 Å². The van der Waals surface area contributed by atoms with Gasteiger partial charge in [0.2, 0.25) is 17.1 Å². The van der Waals surface area contributed by atoms with E-state index in [9.17, 15) is 15.8 Å². The summed E-state index contributed by atoms with van der Waals surface area (Å²) in [5.74, 6) is -1.26. The Hall–Kier alpha value is -3.08. The first-order chi connectivity index (χ1) is 16.0. The maximum atomic E-state index is 10.3. The van der Waals surface area contributed by atoms with Crippen molar-refractivity contribution < 1.29 is 14.2 Å². The molecule has 2 bridgehead atoms. The zero-order valence-electron chi connectivity index (χ0n) is 19.1. The Labute approximate surface area is 195 Å². The van der Waals surface area contributed by atoms with E-state index in [1.165, 1.54) is 19.3 Å². The molecule has 7 nitrogen and oxygen atoms in total. The molecule has 33 heavy (non-hydrogen) atoms. The lowest BCUT2D eigenvalue weighted by molar-refractivity contribution is -0.294.